The zero-order valence-corrected chi connectivity index (χ0v) is 18.6. The van der Waals surface area contributed by atoms with Gasteiger partial charge in [0.1, 0.15) is 6.04 Å². The Hall–Kier alpha value is -2.67. The van der Waals surface area contributed by atoms with Crippen molar-refractivity contribution in [1.82, 2.24) is 10.6 Å². The van der Waals surface area contributed by atoms with Crippen LogP contribution in [0.25, 0.3) is 11.1 Å². The van der Waals surface area contributed by atoms with Gasteiger partial charge >= 0.3 is 0 Å². The van der Waals surface area contributed by atoms with E-state index in [1.165, 1.54) is 7.05 Å². The molecule has 30 heavy (non-hydrogen) atoms. The van der Waals surface area contributed by atoms with Crippen molar-refractivity contribution in [2.75, 3.05) is 12.8 Å². The van der Waals surface area contributed by atoms with Crippen LogP contribution in [-0.4, -0.2) is 39.1 Å². The molecule has 0 spiro atoms. The third kappa shape index (κ3) is 6.99. The van der Waals surface area contributed by atoms with Crippen LogP contribution in [0, 0.1) is 11.8 Å². The van der Waals surface area contributed by atoms with Crippen LogP contribution < -0.4 is 10.6 Å². The molecule has 7 heteroatoms. The molecule has 0 aliphatic rings. The summed E-state index contributed by atoms with van der Waals surface area (Å²) < 4.78 is 24.9. The molecule has 0 unspecified atom stereocenters. The largest absolute Gasteiger partial charge is 0.357 e. The molecule has 0 aromatic heterocycles. The summed E-state index contributed by atoms with van der Waals surface area (Å²) in [7, 11) is -2.03. The molecule has 161 valence electrons. The number of amides is 2. The van der Waals surface area contributed by atoms with Crippen molar-refractivity contribution in [3.63, 3.8) is 0 Å². The second-order valence-electron chi connectivity index (χ2n) is 8.24. The lowest BCUT2D eigenvalue weighted by Crippen LogP contribution is -2.53. The van der Waals surface area contributed by atoms with Gasteiger partial charge in [-0.15, -0.1) is 0 Å². The van der Waals surface area contributed by atoms with E-state index in [0.717, 1.165) is 17.5 Å². The molecule has 2 N–H and O–H groups in total. The topological polar surface area (TPSA) is 92.3 Å². The first-order chi connectivity index (χ1) is 14.0. The maximum atomic E-state index is 12.4. The number of hydrogen-bond donors (Lipinski definition) is 2. The molecule has 0 fully saturated rings. The third-order valence-electron chi connectivity index (χ3n) is 4.63. The fraction of sp³-hybridized carbons (Fsp3) is 0.348. The molecule has 2 aromatic rings. The average Bonchev–Trinajstić information content (AvgIpc) is 2.70. The molecule has 0 saturated heterocycles. The predicted octanol–water partition coefficient (Wildman–Crippen LogP) is 2.75. The van der Waals surface area contributed by atoms with Crippen molar-refractivity contribution in [3.8, 4) is 11.1 Å². The van der Waals surface area contributed by atoms with Crippen LogP contribution in [0.5, 0.6) is 0 Å². The molecule has 1 radical (unpaired) electrons. The molecular weight excluding hydrogens is 400 g/mol. The number of carbonyl (C=O) groups excluding carboxylic acids is 2. The van der Waals surface area contributed by atoms with E-state index < -0.39 is 33.0 Å². The van der Waals surface area contributed by atoms with Crippen LogP contribution in [0.1, 0.15) is 26.3 Å². The summed E-state index contributed by atoms with van der Waals surface area (Å²) in [5.74, 6) is -1.47. The Bertz CT molecular complexity index is 963. The van der Waals surface area contributed by atoms with Gasteiger partial charge in [0.25, 0.3) is 0 Å². The normalized spacial score (nSPS) is 12.8. The highest BCUT2D eigenvalue weighted by molar-refractivity contribution is 7.90. The van der Waals surface area contributed by atoms with Crippen molar-refractivity contribution >= 4 is 21.7 Å². The van der Waals surface area contributed by atoms with Crippen molar-refractivity contribution in [2.24, 2.45) is 5.41 Å². The van der Waals surface area contributed by atoms with Crippen LogP contribution in [0.4, 0.5) is 0 Å². The van der Waals surface area contributed by atoms with Gasteiger partial charge in [-0.2, -0.15) is 0 Å². The second kappa shape index (κ2) is 9.89. The second-order valence-corrected chi connectivity index (χ2v) is 10.4. The fourth-order valence-electron chi connectivity index (χ4n) is 2.96. The lowest BCUT2D eigenvalue weighted by molar-refractivity contribution is -0.129. The van der Waals surface area contributed by atoms with Crippen molar-refractivity contribution in [2.45, 2.75) is 32.6 Å². The number of rotatable bonds is 8. The number of carbonyl (C=O) groups is 2. The van der Waals surface area contributed by atoms with Gasteiger partial charge in [-0.25, -0.2) is 8.42 Å². The maximum absolute atomic E-state index is 12.4. The first kappa shape index (κ1) is 23.6. The van der Waals surface area contributed by atoms with Gasteiger partial charge in [0.15, 0.2) is 9.84 Å². The van der Waals surface area contributed by atoms with E-state index in [9.17, 15) is 18.0 Å². The molecule has 0 saturated carbocycles. The van der Waals surface area contributed by atoms with Gasteiger partial charge < -0.3 is 10.6 Å². The Morgan fingerprint density at radius 1 is 0.967 bits per heavy atom. The van der Waals surface area contributed by atoms with Crippen LogP contribution in [0.2, 0.25) is 0 Å². The van der Waals surface area contributed by atoms with Gasteiger partial charge in [0.2, 0.25) is 11.8 Å². The van der Waals surface area contributed by atoms with Gasteiger partial charge in [0, 0.05) is 7.05 Å². The Balaban J connectivity index is 1.95. The number of nitrogens with one attached hydrogen (secondary N) is 2. The molecule has 0 heterocycles. The first-order valence-corrected chi connectivity index (χ1v) is 11.5. The van der Waals surface area contributed by atoms with Crippen molar-refractivity contribution in [1.29, 1.82) is 0 Å². The van der Waals surface area contributed by atoms with E-state index in [0.29, 0.717) is 5.56 Å². The standard InChI is InChI=1S/C23H29N2O4S/c1-23(2,3)21(22(27)24-4)25-20(26)14-15-30(28,29)16-17-10-12-19(13-11-17)18-8-6-5-7-9-18/h5-14,21H,15-16H2,1-4H3,(H,24,27)(H,25,26)/t21-/m0/s1. The van der Waals surface area contributed by atoms with Crippen LogP contribution in [0.3, 0.4) is 0 Å². The maximum Gasteiger partial charge on any atom is 0.242 e. The minimum Gasteiger partial charge on any atom is -0.357 e. The van der Waals surface area contributed by atoms with Crippen LogP contribution in [0.15, 0.2) is 54.6 Å². The average molecular weight is 430 g/mol. The lowest BCUT2D eigenvalue weighted by atomic mass is 9.86. The zero-order valence-electron chi connectivity index (χ0n) is 17.8. The van der Waals surface area contributed by atoms with E-state index in [-0.39, 0.29) is 11.7 Å². The van der Waals surface area contributed by atoms with Crippen molar-refractivity contribution < 1.29 is 18.0 Å². The number of benzene rings is 2. The van der Waals surface area contributed by atoms with E-state index in [1.807, 2.05) is 63.2 Å². The zero-order chi connectivity index (χ0) is 22.4. The molecule has 0 aliphatic heterocycles. The van der Waals surface area contributed by atoms with E-state index in [2.05, 4.69) is 10.6 Å². The van der Waals surface area contributed by atoms with Gasteiger partial charge in [0.05, 0.1) is 17.9 Å². The highest BCUT2D eigenvalue weighted by atomic mass is 32.2. The smallest absolute Gasteiger partial charge is 0.242 e. The predicted molar refractivity (Wildman–Crippen MR) is 119 cm³/mol. The number of likely N-dealkylation sites (N-methyl/N-ethyl adjacent to an activating group) is 1. The fourth-order valence-corrected chi connectivity index (χ4v) is 4.18. The Labute approximate surface area is 179 Å². The van der Waals surface area contributed by atoms with Crippen LogP contribution in [-0.2, 0) is 25.2 Å². The molecular formula is C23H29N2O4S. The molecule has 1 atom stereocenters. The molecule has 6 nitrogen and oxygen atoms in total. The van der Waals surface area contributed by atoms with E-state index in [1.54, 1.807) is 12.1 Å². The molecule has 0 bridgehead atoms. The van der Waals surface area contributed by atoms with Crippen molar-refractivity contribution in [3.05, 3.63) is 66.6 Å². The lowest BCUT2D eigenvalue weighted by Gasteiger charge is -2.29. The quantitative estimate of drug-likeness (QED) is 0.675. The molecule has 2 aromatic carbocycles. The molecule has 0 aliphatic carbocycles. The Morgan fingerprint density at radius 2 is 1.53 bits per heavy atom. The third-order valence-corrected chi connectivity index (χ3v) is 6.08. The summed E-state index contributed by atoms with van der Waals surface area (Å²) in [5, 5.41) is 5.11. The summed E-state index contributed by atoms with van der Waals surface area (Å²) in [4.78, 5) is 24.2. The van der Waals surface area contributed by atoms with E-state index in [4.69, 9.17) is 0 Å². The summed E-state index contributed by atoms with van der Waals surface area (Å²) in [6.45, 7) is 5.47. The first-order valence-electron chi connectivity index (χ1n) is 9.72. The summed E-state index contributed by atoms with van der Waals surface area (Å²) in [6, 6.07) is 16.4. The summed E-state index contributed by atoms with van der Waals surface area (Å²) in [6.07, 6.45) is 1.08. The highest BCUT2D eigenvalue weighted by Gasteiger charge is 2.32. The van der Waals surface area contributed by atoms with Gasteiger partial charge in [-0.05, 0) is 22.1 Å². The summed E-state index contributed by atoms with van der Waals surface area (Å²) >= 11 is 0. The van der Waals surface area contributed by atoms with E-state index >= 15 is 0 Å². The summed E-state index contributed by atoms with van der Waals surface area (Å²) in [5.41, 5.74) is 2.20. The number of sulfone groups is 1. The highest BCUT2D eigenvalue weighted by Crippen LogP contribution is 2.21. The van der Waals surface area contributed by atoms with Gasteiger partial charge in [-0.3, -0.25) is 9.59 Å². The SMILES string of the molecule is CNC(=O)[C@H](NC(=O)[CH]CS(=O)(=O)Cc1ccc(-c2ccccc2)cc1)C(C)(C)C. The Kier molecular flexibility index (Phi) is 7.78. The number of hydrogen-bond acceptors (Lipinski definition) is 4. The Morgan fingerprint density at radius 3 is 2.07 bits per heavy atom. The monoisotopic (exact) mass is 429 g/mol. The molecule has 2 rings (SSSR count). The minimum atomic E-state index is -3.52. The minimum absolute atomic E-state index is 0.163. The van der Waals surface area contributed by atoms with Gasteiger partial charge in [-0.1, -0.05) is 75.4 Å². The van der Waals surface area contributed by atoms with Crippen LogP contribution >= 0.6 is 0 Å². The molecule has 2 amide bonds.